The van der Waals surface area contributed by atoms with Gasteiger partial charge in [0.15, 0.2) is 0 Å². The average Bonchev–Trinajstić information content (AvgIpc) is 2.56. The molecule has 0 bridgehead atoms. The molecule has 0 spiro atoms. The molecule has 0 N–H and O–H groups in total. The van der Waals surface area contributed by atoms with Crippen LogP contribution in [0.2, 0.25) is 0 Å². The van der Waals surface area contributed by atoms with Gasteiger partial charge in [-0.15, -0.1) is 0 Å². The topological polar surface area (TPSA) is 0 Å². The first-order valence-electron chi connectivity index (χ1n) is 9.45. The summed E-state index contributed by atoms with van der Waals surface area (Å²) in [6, 6.07) is 0. The van der Waals surface area contributed by atoms with Crippen molar-refractivity contribution in [3.8, 4) is 0 Å². The Morgan fingerprint density at radius 1 is 0.870 bits per heavy atom. The maximum Gasteiger partial charge on any atom is 0.116 e. The van der Waals surface area contributed by atoms with E-state index in [-0.39, 0.29) is 5.83 Å². The van der Waals surface area contributed by atoms with Crippen molar-refractivity contribution in [2.75, 3.05) is 0 Å². The van der Waals surface area contributed by atoms with Crippen LogP contribution in [0.4, 0.5) is 4.39 Å². The van der Waals surface area contributed by atoms with Crippen LogP contribution < -0.4 is 0 Å². The second-order valence-electron chi connectivity index (χ2n) is 7.59. The molecule has 2 aliphatic carbocycles. The van der Waals surface area contributed by atoms with E-state index in [9.17, 15) is 4.39 Å². The van der Waals surface area contributed by atoms with E-state index in [0.717, 1.165) is 17.8 Å². The molecule has 0 radical (unpaired) electrons. The number of hydrogen-bond donors (Lipinski definition) is 0. The fourth-order valence-corrected chi connectivity index (χ4v) is 4.09. The molecule has 0 heterocycles. The molecule has 2 aliphatic rings. The molecule has 2 saturated carbocycles. The summed E-state index contributed by atoms with van der Waals surface area (Å²) in [5.41, 5.74) is 1.27. The second-order valence-corrected chi connectivity index (χ2v) is 7.59. The van der Waals surface area contributed by atoms with Gasteiger partial charge < -0.3 is 0 Å². The molecule has 2 rings (SSSR count). The standard InChI is InChI=1S/C22H33F/c1-4-21(14-7-18(3)23)22-15-12-20(13-16-22)11-10-19-8-5-17(2)6-9-19/h4,7,10-11,14,17,19-20,22H,3,5-6,8-9,12-13,15-16H2,1-2H3/b11-10+,14-7-,21-4+. The average molecular weight is 317 g/mol. The Balaban J connectivity index is 1.78. The Morgan fingerprint density at radius 3 is 1.87 bits per heavy atom. The van der Waals surface area contributed by atoms with Crippen molar-refractivity contribution in [1.29, 1.82) is 0 Å². The van der Waals surface area contributed by atoms with Crippen molar-refractivity contribution in [1.82, 2.24) is 0 Å². The fourth-order valence-electron chi connectivity index (χ4n) is 4.09. The molecule has 23 heavy (non-hydrogen) atoms. The molecule has 2 fully saturated rings. The van der Waals surface area contributed by atoms with E-state index >= 15 is 0 Å². The zero-order valence-corrected chi connectivity index (χ0v) is 14.9. The Morgan fingerprint density at radius 2 is 1.39 bits per heavy atom. The molecule has 0 nitrogen and oxygen atoms in total. The summed E-state index contributed by atoms with van der Waals surface area (Å²) in [6.07, 6.45) is 21.1. The molecule has 0 aliphatic heterocycles. The van der Waals surface area contributed by atoms with Crippen LogP contribution >= 0.6 is 0 Å². The first-order chi connectivity index (χ1) is 11.1. The van der Waals surface area contributed by atoms with Crippen molar-refractivity contribution in [2.45, 2.75) is 65.2 Å². The highest BCUT2D eigenvalue weighted by Gasteiger charge is 2.22. The lowest BCUT2D eigenvalue weighted by atomic mass is 9.77. The predicted molar refractivity (Wildman–Crippen MR) is 98.9 cm³/mol. The molecule has 0 amide bonds. The highest BCUT2D eigenvalue weighted by molar-refractivity contribution is 5.26. The SMILES string of the molecule is C=C(F)/C=C\C(=C/C)C1CCC(/C=C/C2CCC(C)CC2)CC1. The van der Waals surface area contributed by atoms with E-state index in [2.05, 4.69) is 38.7 Å². The van der Waals surface area contributed by atoms with Crippen molar-refractivity contribution in [3.63, 3.8) is 0 Å². The molecule has 0 aromatic carbocycles. The van der Waals surface area contributed by atoms with Crippen LogP contribution in [0, 0.1) is 23.7 Å². The minimum absolute atomic E-state index is 0.359. The lowest BCUT2D eigenvalue weighted by Crippen LogP contribution is -2.15. The van der Waals surface area contributed by atoms with Crippen molar-refractivity contribution in [2.24, 2.45) is 23.7 Å². The van der Waals surface area contributed by atoms with Gasteiger partial charge in [0.05, 0.1) is 0 Å². The van der Waals surface area contributed by atoms with Gasteiger partial charge in [0.2, 0.25) is 0 Å². The summed E-state index contributed by atoms with van der Waals surface area (Å²) >= 11 is 0. The quantitative estimate of drug-likeness (QED) is 0.373. The summed E-state index contributed by atoms with van der Waals surface area (Å²) in [6.45, 7) is 7.74. The van der Waals surface area contributed by atoms with Crippen molar-refractivity contribution in [3.05, 3.63) is 48.4 Å². The van der Waals surface area contributed by atoms with Gasteiger partial charge >= 0.3 is 0 Å². The first-order valence-corrected chi connectivity index (χ1v) is 9.45. The van der Waals surface area contributed by atoms with E-state index in [0.29, 0.717) is 5.92 Å². The highest BCUT2D eigenvalue weighted by atomic mass is 19.1. The molecule has 128 valence electrons. The molecule has 0 aromatic heterocycles. The Hall–Kier alpha value is -1.11. The maximum absolute atomic E-state index is 12.8. The molecule has 1 heteroatoms. The van der Waals surface area contributed by atoms with Gasteiger partial charge in [-0.05, 0) is 80.8 Å². The van der Waals surface area contributed by atoms with E-state index in [4.69, 9.17) is 0 Å². The van der Waals surface area contributed by atoms with Crippen LogP contribution in [0.5, 0.6) is 0 Å². The molecule has 0 unspecified atom stereocenters. The van der Waals surface area contributed by atoms with Crippen LogP contribution in [0.3, 0.4) is 0 Å². The van der Waals surface area contributed by atoms with Gasteiger partial charge in [-0.25, -0.2) is 4.39 Å². The third-order valence-corrected chi connectivity index (χ3v) is 5.75. The van der Waals surface area contributed by atoms with Gasteiger partial charge in [-0.1, -0.05) is 50.6 Å². The van der Waals surface area contributed by atoms with Crippen LogP contribution in [0.25, 0.3) is 0 Å². The number of hydrogen-bond acceptors (Lipinski definition) is 0. The van der Waals surface area contributed by atoms with Gasteiger partial charge in [-0.3, -0.25) is 0 Å². The summed E-state index contributed by atoms with van der Waals surface area (Å²) in [5, 5.41) is 0. The molecule has 0 aromatic rings. The monoisotopic (exact) mass is 316 g/mol. The third-order valence-electron chi connectivity index (χ3n) is 5.75. The molecular formula is C22H33F. The maximum atomic E-state index is 12.8. The van der Waals surface area contributed by atoms with Crippen molar-refractivity contribution >= 4 is 0 Å². The Bertz CT molecular complexity index is 452. The van der Waals surface area contributed by atoms with Crippen LogP contribution in [-0.4, -0.2) is 0 Å². The van der Waals surface area contributed by atoms with Gasteiger partial charge in [0, 0.05) is 0 Å². The number of halogens is 1. The minimum atomic E-state index is -0.359. The van der Waals surface area contributed by atoms with E-state index < -0.39 is 0 Å². The van der Waals surface area contributed by atoms with Crippen LogP contribution in [0.1, 0.15) is 65.2 Å². The van der Waals surface area contributed by atoms with E-state index in [1.165, 1.54) is 63.0 Å². The Kier molecular flexibility index (Phi) is 7.33. The largest absolute Gasteiger partial charge is 0.208 e. The molecule has 0 saturated heterocycles. The fraction of sp³-hybridized carbons (Fsp3) is 0.636. The summed E-state index contributed by atoms with van der Waals surface area (Å²) in [4.78, 5) is 0. The Labute approximate surface area is 142 Å². The van der Waals surface area contributed by atoms with E-state index in [1.807, 2.05) is 6.08 Å². The highest BCUT2D eigenvalue weighted by Crippen LogP contribution is 2.36. The van der Waals surface area contributed by atoms with Gasteiger partial charge in [0.25, 0.3) is 0 Å². The van der Waals surface area contributed by atoms with Gasteiger partial charge in [-0.2, -0.15) is 0 Å². The van der Waals surface area contributed by atoms with Crippen LogP contribution in [-0.2, 0) is 0 Å². The lowest BCUT2D eigenvalue weighted by Gasteiger charge is -2.28. The van der Waals surface area contributed by atoms with E-state index in [1.54, 1.807) is 0 Å². The number of allylic oxidation sites excluding steroid dienone is 7. The zero-order chi connectivity index (χ0) is 16.7. The lowest BCUT2D eigenvalue weighted by molar-refractivity contribution is 0.323. The summed E-state index contributed by atoms with van der Waals surface area (Å²) in [5.74, 6) is 2.75. The third kappa shape index (κ3) is 6.12. The molecular weight excluding hydrogens is 283 g/mol. The van der Waals surface area contributed by atoms with Crippen molar-refractivity contribution < 1.29 is 4.39 Å². The smallest absolute Gasteiger partial charge is 0.116 e. The first kappa shape index (κ1) is 18.2. The predicted octanol–water partition coefficient (Wildman–Crippen LogP) is 7.16. The summed E-state index contributed by atoms with van der Waals surface area (Å²) < 4.78 is 12.8. The number of rotatable bonds is 5. The van der Waals surface area contributed by atoms with Gasteiger partial charge in [0.1, 0.15) is 5.83 Å². The van der Waals surface area contributed by atoms with Crippen LogP contribution in [0.15, 0.2) is 48.4 Å². The normalized spacial score (nSPS) is 33.4. The molecule has 0 atom stereocenters. The zero-order valence-electron chi connectivity index (χ0n) is 14.9. The summed E-state index contributed by atoms with van der Waals surface area (Å²) in [7, 11) is 0. The second kappa shape index (κ2) is 9.25. The minimum Gasteiger partial charge on any atom is -0.208 e.